The summed E-state index contributed by atoms with van der Waals surface area (Å²) in [5, 5.41) is 3.85. The van der Waals surface area contributed by atoms with Crippen molar-refractivity contribution in [3.05, 3.63) is 30.2 Å². The molecule has 2 rings (SSSR count). The van der Waals surface area contributed by atoms with E-state index in [1.165, 1.54) is 0 Å². The van der Waals surface area contributed by atoms with Gasteiger partial charge in [-0.2, -0.15) is 4.98 Å². The molecule has 1 aromatic carbocycles. The number of hydrogen-bond acceptors (Lipinski definition) is 5. The third kappa shape index (κ3) is 2.79. The van der Waals surface area contributed by atoms with Crippen LogP contribution in [0.5, 0.6) is 5.75 Å². The van der Waals surface area contributed by atoms with Crippen molar-refractivity contribution in [2.24, 2.45) is 5.73 Å². The molecule has 0 aliphatic carbocycles. The molecule has 1 aromatic heterocycles. The van der Waals surface area contributed by atoms with Crippen LogP contribution in [0, 0.1) is 0 Å². The topological polar surface area (TPSA) is 74.2 Å². The maximum absolute atomic E-state index is 5.40. The van der Waals surface area contributed by atoms with Gasteiger partial charge < -0.3 is 15.0 Å². The lowest BCUT2D eigenvalue weighted by Gasteiger charge is -1.98. The first-order chi connectivity index (χ1) is 8.19. The normalized spacial score (nSPS) is 10.2. The molecule has 0 amide bonds. The molecule has 0 saturated heterocycles. The molecule has 1 heterocycles. The first kappa shape index (κ1) is 11.5. The van der Waals surface area contributed by atoms with E-state index >= 15 is 0 Å². The second-order valence-electron chi connectivity index (χ2n) is 3.38. The average molecular weight is 249 g/mol. The van der Waals surface area contributed by atoms with Gasteiger partial charge in [-0.1, -0.05) is 17.4 Å². The van der Waals surface area contributed by atoms with Gasteiger partial charge in [0.15, 0.2) is 0 Å². The Balaban J connectivity index is 2.21. The van der Waals surface area contributed by atoms with Gasteiger partial charge >= 0.3 is 0 Å². The minimum absolute atomic E-state index is 0.318. The van der Waals surface area contributed by atoms with Crippen molar-refractivity contribution in [1.82, 2.24) is 10.1 Å². The fourth-order valence-electron chi connectivity index (χ4n) is 1.33. The van der Waals surface area contributed by atoms with Gasteiger partial charge in [-0.3, -0.25) is 0 Å². The molecule has 5 nitrogen and oxygen atoms in total. The zero-order chi connectivity index (χ0) is 12.3. The van der Waals surface area contributed by atoms with E-state index in [1.807, 2.05) is 24.3 Å². The second kappa shape index (κ2) is 4.92. The highest BCUT2D eigenvalue weighted by Gasteiger charge is 2.09. The van der Waals surface area contributed by atoms with Crippen molar-refractivity contribution >= 4 is 17.2 Å². The van der Waals surface area contributed by atoms with E-state index in [1.54, 1.807) is 7.11 Å². The van der Waals surface area contributed by atoms with Gasteiger partial charge in [-0.05, 0) is 24.3 Å². The molecule has 0 saturated carbocycles. The molecule has 0 aliphatic rings. The second-order valence-corrected chi connectivity index (χ2v) is 3.91. The smallest absolute Gasteiger partial charge is 0.233 e. The van der Waals surface area contributed by atoms with Crippen molar-refractivity contribution in [1.29, 1.82) is 0 Å². The van der Waals surface area contributed by atoms with Crippen LogP contribution in [0.25, 0.3) is 11.4 Å². The fourth-order valence-corrected chi connectivity index (χ4v) is 1.46. The maximum atomic E-state index is 5.40. The average Bonchev–Trinajstić information content (AvgIpc) is 2.77. The Kier molecular flexibility index (Phi) is 3.34. The number of nitrogens with zero attached hydrogens (tertiary/aromatic N) is 2. The molecule has 0 radical (unpaired) electrons. The first-order valence-corrected chi connectivity index (χ1v) is 5.35. The summed E-state index contributed by atoms with van der Waals surface area (Å²) in [5.41, 5.74) is 6.25. The van der Waals surface area contributed by atoms with Gasteiger partial charge in [-0.15, -0.1) is 0 Å². The highest BCUT2D eigenvalue weighted by molar-refractivity contribution is 7.80. The molecule has 0 atom stereocenters. The molecule has 88 valence electrons. The summed E-state index contributed by atoms with van der Waals surface area (Å²) in [6.45, 7) is 0. The van der Waals surface area contributed by atoms with E-state index in [-0.39, 0.29) is 0 Å². The van der Waals surface area contributed by atoms with Gasteiger partial charge in [0.1, 0.15) is 5.75 Å². The van der Waals surface area contributed by atoms with E-state index in [4.69, 9.17) is 27.2 Å². The van der Waals surface area contributed by atoms with Gasteiger partial charge in [0.05, 0.1) is 18.5 Å². The molecule has 2 aromatic rings. The van der Waals surface area contributed by atoms with Crippen LogP contribution in [-0.4, -0.2) is 22.2 Å². The zero-order valence-corrected chi connectivity index (χ0v) is 10.0. The minimum Gasteiger partial charge on any atom is -0.497 e. The Morgan fingerprint density at radius 1 is 1.41 bits per heavy atom. The molecule has 6 heteroatoms. The number of hydrogen-bond donors (Lipinski definition) is 1. The lowest BCUT2D eigenvalue weighted by Crippen LogP contribution is -2.11. The van der Waals surface area contributed by atoms with E-state index in [0.717, 1.165) is 11.3 Å². The van der Waals surface area contributed by atoms with E-state index in [0.29, 0.717) is 23.1 Å². The first-order valence-electron chi connectivity index (χ1n) is 4.94. The Bertz CT molecular complexity index is 522. The summed E-state index contributed by atoms with van der Waals surface area (Å²) in [6, 6.07) is 7.38. The Morgan fingerprint density at radius 2 is 2.12 bits per heavy atom. The Morgan fingerprint density at radius 3 is 2.71 bits per heavy atom. The van der Waals surface area contributed by atoms with Crippen LogP contribution in [0.1, 0.15) is 5.89 Å². The number of ether oxygens (including phenoxy) is 1. The summed E-state index contributed by atoms with van der Waals surface area (Å²) in [5.74, 6) is 1.71. The van der Waals surface area contributed by atoms with Gasteiger partial charge in [0.2, 0.25) is 11.7 Å². The zero-order valence-electron chi connectivity index (χ0n) is 9.21. The van der Waals surface area contributed by atoms with E-state index in [9.17, 15) is 0 Å². The van der Waals surface area contributed by atoms with Gasteiger partial charge in [-0.25, -0.2) is 0 Å². The molecular weight excluding hydrogens is 238 g/mol. The van der Waals surface area contributed by atoms with E-state index in [2.05, 4.69) is 10.1 Å². The molecule has 0 spiro atoms. The lowest BCUT2D eigenvalue weighted by molar-refractivity contribution is 0.389. The molecule has 0 aliphatic heterocycles. The van der Waals surface area contributed by atoms with Crippen LogP contribution in [0.2, 0.25) is 0 Å². The summed E-state index contributed by atoms with van der Waals surface area (Å²) in [7, 11) is 1.61. The molecule has 17 heavy (non-hydrogen) atoms. The van der Waals surface area contributed by atoms with E-state index < -0.39 is 0 Å². The number of benzene rings is 1. The monoisotopic (exact) mass is 249 g/mol. The van der Waals surface area contributed by atoms with Gasteiger partial charge in [0, 0.05) is 5.56 Å². The predicted molar refractivity (Wildman–Crippen MR) is 66.8 cm³/mol. The summed E-state index contributed by atoms with van der Waals surface area (Å²) in [6.07, 6.45) is 0.318. The highest BCUT2D eigenvalue weighted by Crippen LogP contribution is 2.19. The third-order valence-electron chi connectivity index (χ3n) is 2.14. The number of methoxy groups -OCH3 is 1. The largest absolute Gasteiger partial charge is 0.497 e. The molecule has 0 bridgehead atoms. The van der Waals surface area contributed by atoms with Crippen LogP contribution < -0.4 is 10.5 Å². The van der Waals surface area contributed by atoms with Gasteiger partial charge in [0.25, 0.3) is 0 Å². The number of thiocarbonyl (C=S) groups is 1. The molecule has 0 unspecified atom stereocenters. The standard InChI is InChI=1S/C11H11N3O2S/c1-15-8-4-2-7(3-5-8)11-13-10(16-14-11)6-9(12)17/h2-5H,6H2,1H3,(H2,12,17). The summed E-state index contributed by atoms with van der Waals surface area (Å²) in [4.78, 5) is 4.52. The highest BCUT2D eigenvalue weighted by atomic mass is 32.1. The van der Waals surface area contributed by atoms with Crippen molar-refractivity contribution in [2.75, 3.05) is 7.11 Å². The Labute approximate surface area is 104 Å². The molecule has 2 N–H and O–H groups in total. The maximum Gasteiger partial charge on any atom is 0.233 e. The Hall–Kier alpha value is -1.95. The quantitative estimate of drug-likeness (QED) is 0.829. The number of nitrogens with two attached hydrogens (primary N) is 1. The molecule has 0 fully saturated rings. The SMILES string of the molecule is COc1ccc(-c2noc(CC(N)=S)n2)cc1. The van der Waals surface area contributed by atoms with Crippen LogP contribution in [0.15, 0.2) is 28.8 Å². The van der Waals surface area contributed by atoms with Crippen LogP contribution in [-0.2, 0) is 6.42 Å². The van der Waals surface area contributed by atoms with Crippen LogP contribution in [0.3, 0.4) is 0 Å². The van der Waals surface area contributed by atoms with Crippen LogP contribution in [0.4, 0.5) is 0 Å². The number of rotatable bonds is 4. The predicted octanol–water partition coefficient (Wildman–Crippen LogP) is 1.57. The van der Waals surface area contributed by atoms with Crippen molar-refractivity contribution in [3.63, 3.8) is 0 Å². The van der Waals surface area contributed by atoms with Crippen molar-refractivity contribution in [3.8, 4) is 17.1 Å². The lowest BCUT2D eigenvalue weighted by atomic mass is 10.2. The van der Waals surface area contributed by atoms with Crippen molar-refractivity contribution < 1.29 is 9.26 Å². The van der Waals surface area contributed by atoms with Crippen LogP contribution >= 0.6 is 12.2 Å². The fraction of sp³-hybridized carbons (Fsp3) is 0.182. The van der Waals surface area contributed by atoms with Crippen molar-refractivity contribution in [2.45, 2.75) is 6.42 Å². The number of aromatic nitrogens is 2. The molecular formula is C11H11N3O2S. The summed E-state index contributed by atoms with van der Waals surface area (Å²) >= 11 is 4.77. The third-order valence-corrected chi connectivity index (χ3v) is 2.29. The summed E-state index contributed by atoms with van der Waals surface area (Å²) < 4.78 is 10.1. The minimum atomic E-state index is 0.318.